The summed E-state index contributed by atoms with van der Waals surface area (Å²) in [5, 5.41) is 19.1. The van der Waals surface area contributed by atoms with Crippen molar-refractivity contribution in [1.82, 2.24) is 0 Å². The van der Waals surface area contributed by atoms with Crippen LogP contribution >= 0.6 is 0 Å². The number of rotatable bonds is 8. The van der Waals surface area contributed by atoms with Gasteiger partial charge in [0.2, 0.25) is 0 Å². The molecule has 0 bridgehead atoms. The molecule has 5 rings (SSSR count). The number of nitrogens with zero attached hydrogens (tertiary/aromatic N) is 2. The van der Waals surface area contributed by atoms with Crippen LogP contribution in [0, 0.1) is 36.5 Å². The Labute approximate surface area is 260 Å². The Hall–Kier alpha value is -5.32. The van der Waals surface area contributed by atoms with Gasteiger partial charge in [-0.3, -0.25) is 0 Å². The Morgan fingerprint density at radius 3 is 1.20 bits per heavy atom. The molecule has 0 aliphatic rings. The van der Waals surface area contributed by atoms with Gasteiger partial charge in [-0.25, -0.2) is 0 Å². The fourth-order valence-electron chi connectivity index (χ4n) is 5.50. The first-order valence-corrected chi connectivity index (χ1v) is 14.7. The van der Waals surface area contributed by atoms with Gasteiger partial charge in [0.25, 0.3) is 0 Å². The zero-order chi connectivity index (χ0) is 31.5. The van der Waals surface area contributed by atoms with E-state index < -0.39 is 0 Å². The molecule has 0 fully saturated rings. The van der Waals surface area contributed by atoms with Crippen molar-refractivity contribution in [2.45, 2.75) is 52.4 Å². The highest BCUT2D eigenvalue weighted by atomic mass is 16.5. The van der Waals surface area contributed by atoms with Crippen LogP contribution in [0.25, 0.3) is 0 Å². The first kappa shape index (κ1) is 30.1. The van der Waals surface area contributed by atoms with Crippen LogP contribution < -0.4 is 9.47 Å². The molecule has 0 aromatic heterocycles. The van der Waals surface area contributed by atoms with E-state index >= 15 is 0 Å². The lowest BCUT2D eigenvalue weighted by Gasteiger charge is -2.31. The SMILES string of the molecule is Cc1cccc(Oc2ccc(C(C)(C)c3cccc(C(C)(C)c4ccc(Oc5cccc(C)c5C#N)cc4)c3)cc2)c1C#N. The van der Waals surface area contributed by atoms with Crippen LogP contribution in [0.5, 0.6) is 23.0 Å². The number of ether oxygens (including phenoxy) is 2. The van der Waals surface area contributed by atoms with Crippen molar-refractivity contribution < 1.29 is 9.47 Å². The highest BCUT2D eigenvalue weighted by Crippen LogP contribution is 2.38. The molecule has 5 aromatic carbocycles. The minimum absolute atomic E-state index is 0.254. The van der Waals surface area contributed by atoms with Crippen LogP contribution in [0.2, 0.25) is 0 Å². The second-order valence-electron chi connectivity index (χ2n) is 12.2. The molecule has 218 valence electrons. The third-order valence-corrected chi connectivity index (χ3v) is 8.61. The van der Waals surface area contributed by atoms with E-state index in [0.717, 1.165) is 11.1 Å². The molecule has 0 aliphatic heterocycles. The maximum absolute atomic E-state index is 9.55. The summed E-state index contributed by atoms with van der Waals surface area (Å²) >= 11 is 0. The fourth-order valence-corrected chi connectivity index (χ4v) is 5.50. The largest absolute Gasteiger partial charge is 0.456 e. The Bertz CT molecular complexity index is 1750. The van der Waals surface area contributed by atoms with E-state index in [1.807, 2.05) is 74.5 Å². The molecular weight excluding hydrogens is 540 g/mol. The van der Waals surface area contributed by atoms with Crippen molar-refractivity contribution >= 4 is 0 Å². The molecule has 0 saturated carbocycles. The number of benzene rings is 5. The topological polar surface area (TPSA) is 66.0 Å². The quantitative estimate of drug-likeness (QED) is 0.184. The summed E-state index contributed by atoms with van der Waals surface area (Å²) in [4.78, 5) is 0. The van der Waals surface area contributed by atoms with Gasteiger partial charge in [-0.1, -0.05) is 100 Å². The van der Waals surface area contributed by atoms with Gasteiger partial charge in [0.05, 0.1) is 11.1 Å². The third-order valence-electron chi connectivity index (χ3n) is 8.61. The maximum atomic E-state index is 9.55. The predicted molar refractivity (Wildman–Crippen MR) is 176 cm³/mol. The van der Waals surface area contributed by atoms with E-state index in [4.69, 9.17) is 9.47 Å². The minimum Gasteiger partial charge on any atom is -0.456 e. The molecule has 4 heteroatoms. The molecule has 0 spiro atoms. The van der Waals surface area contributed by atoms with Crippen molar-refractivity contribution in [2.24, 2.45) is 0 Å². The molecule has 0 saturated heterocycles. The lowest BCUT2D eigenvalue weighted by atomic mass is 9.73. The van der Waals surface area contributed by atoms with Gasteiger partial charge in [0, 0.05) is 10.8 Å². The van der Waals surface area contributed by atoms with Crippen molar-refractivity contribution in [3.63, 3.8) is 0 Å². The number of aryl methyl sites for hydroxylation is 2. The van der Waals surface area contributed by atoms with Crippen LogP contribution in [0.3, 0.4) is 0 Å². The van der Waals surface area contributed by atoms with Crippen molar-refractivity contribution in [1.29, 1.82) is 10.5 Å². The number of hydrogen-bond acceptors (Lipinski definition) is 4. The summed E-state index contributed by atoms with van der Waals surface area (Å²) < 4.78 is 12.2. The van der Waals surface area contributed by atoms with Crippen LogP contribution in [0.1, 0.15) is 72.2 Å². The molecule has 5 aromatic rings. The standard InChI is InChI=1S/C40H36N2O2/c1-27-10-7-14-37(35(27)25-41)43-33-20-16-29(17-21-33)39(3,4)31-12-9-13-32(24-31)40(5,6)30-18-22-34(23-19-30)44-38-15-8-11-28(2)36(38)26-42/h7-24H,1-6H3. The van der Waals surface area contributed by atoms with Gasteiger partial charge in [0.15, 0.2) is 0 Å². The summed E-state index contributed by atoms with van der Waals surface area (Å²) in [5.41, 5.74) is 7.15. The molecule has 4 nitrogen and oxygen atoms in total. The fraction of sp³-hybridized carbons (Fsp3) is 0.200. The highest BCUT2D eigenvalue weighted by molar-refractivity contribution is 5.52. The molecule has 44 heavy (non-hydrogen) atoms. The van der Waals surface area contributed by atoms with Gasteiger partial charge in [-0.15, -0.1) is 0 Å². The van der Waals surface area contributed by atoms with Crippen molar-refractivity contribution in [3.05, 3.63) is 154 Å². The summed E-state index contributed by atoms with van der Waals surface area (Å²) in [6.07, 6.45) is 0. The molecule has 0 radical (unpaired) electrons. The molecule has 0 heterocycles. The van der Waals surface area contributed by atoms with Gasteiger partial charge in [-0.05, 0) is 83.6 Å². The van der Waals surface area contributed by atoms with E-state index in [1.165, 1.54) is 22.3 Å². The second kappa shape index (κ2) is 12.1. The number of nitriles is 2. The summed E-state index contributed by atoms with van der Waals surface area (Å²) in [5.74, 6) is 2.52. The number of hydrogen-bond donors (Lipinski definition) is 0. The molecule has 0 atom stereocenters. The van der Waals surface area contributed by atoms with Gasteiger partial charge < -0.3 is 9.47 Å². The van der Waals surface area contributed by atoms with Crippen LogP contribution in [0.15, 0.2) is 109 Å². The molecule has 0 unspecified atom stereocenters. The highest BCUT2D eigenvalue weighted by Gasteiger charge is 2.28. The van der Waals surface area contributed by atoms with E-state index in [2.05, 4.69) is 88.4 Å². The summed E-state index contributed by atoms with van der Waals surface area (Å²) in [6.45, 7) is 12.8. The Morgan fingerprint density at radius 2 is 0.841 bits per heavy atom. The molecule has 0 N–H and O–H groups in total. The van der Waals surface area contributed by atoms with E-state index in [9.17, 15) is 10.5 Å². The average molecular weight is 577 g/mol. The van der Waals surface area contributed by atoms with E-state index in [-0.39, 0.29) is 10.8 Å². The van der Waals surface area contributed by atoms with Crippen molar-refractivity contribution in [2.75, 3.05) is 0 Å². The third kappa shape index (κ3) is 5.94. The zero-order valence-corrected chi connectivity index (χ0v) is 26.1. The monoisotopic (exact) mass is 576 g/mol. The van der Waals surface area contributed by atoms with Gasteiger partial charge in [-0.2, -0.15) is 10.5 Å². The van der Waals surface area contributed by atoms with Crippen LogP contribution in [-0.2, 0) is 10.8 Å². The summed E-state index contributed by atoms with van der Waals surface area (Å²) in [6, 6.07) is 40.8. The van der Waals surface area contributed by atoms with E-state index in [1.54, 1.807) is 0 Å². The Morgan fingerprint density at radius 1 is 0.477 bits per heavy atom. The Balaban J connectivity index is 1.36. The lowest BCUT2D eigenvalue weighted by molar-refractivity contribution is 0.479. The maximum Gasteiger partial charge on any atom is 0.145 e. The van der Waals surface area contributed by atoms with Gasteiger partial charge in [0.1, 0.15) is 35.1 Å². The van der Waals surface area contributed by atoms with E-state index in [0.29, 0.717) is 34.1 Å². The smallest absolute Gasteiger partial charge is 0.145 e. The molecule has 0 aliphatic carbocycles. The first-order chi connectivity index (χ1) is 21.0. The van der Waals surface area contributed by atoms with Crippen LogP contribution in [-0.4, -0.2) is 0 Å². The minimum atomic E-state index is -0.254. The van der Waals surface area contributed by atoms with Crippen molar-refractivity contribution in [3.8, 4) is 35.1 Å². The average Bonchev–Trinajstić information content (AvgIpc) is 3.02. The Kier molecular flexibility index (Phi) is 8.30. The molecular formula is C40H36N2O2. The first-order valence-electron chi connectivity index (χ1n) is 14.7. The summed E-state index contributed by atoms with van der Waals surface area (Å²) in [7, 11) is 0. The zero-order valence-electron chi connectivity index (χ0n) is 26.1. The predicted octanol–water partition coefficient (Wildman–Crippen LogP) is 10.3. The lowest BCUT2D eigenvalue weighted by Crippen LogP contribution is -2.22. The van der Waals surface area contributed by atoms with Crippen LogP contribution in [0.4, 0.5) is 0 Å². The van der Waals surface area contributed by atoms with Gasteiger partial charge >= 0.3 is 0 Å². The second-order valence-corrected chi connectivity index (χ2v) is 12.2. The molecule has 0 amide bonds. The normalized spacial score (nSPS) is 11.4.